The fourth-order valence-corrected chi connectivity index (χ4v) is 2.23. The number of methoxy groups -OCH3 is 1. The Hall–Kier alpha value is -0.120. The molecular formula is C15H34N2O. The van der Waals surface area contributed by atoms with Gasteiger partial charge in [-0.3, -0.25) is 4.90 Å². The molecule has 0 aliphatic heterocycles. The van der Waals surface area contributed by atoms with Crippen molar-refractivity contribution in [2.45, 2.75) is 59.5 Å². The fourth-order valence-electron chi connectivity index (χ4n) is 2.23. The van der Waals surface area contributed by atoms with E-state index in [9.17, 15) is 0 Å². The summed E-state index contributed by atoms with van der Waals surface area (Å²) in [6.07, 6.45) is 2.39. The molecule has 110 valence electrons. The van der Waals surface area contributed by atoms with Gasteiger partial charge in [-0.2, -0.15) is 0 Å². The zero-order chi connectivity index (χ0) is 14.0. The van der Waals surface area contributed by atoms with E-state index in [0.29, 0.717) is 12.1 Å². The molecule has 0 amide bonds. The van der Waals surface area contributed by atoms with Gasteiger partial charge in [-0.25, -0.2) is 0 Å². The highest BCUT2D eigenvalue weighted by Crippen LogP contribution is 2.11. The summed E-state index contributed by atoms with van der Waals surface area (Å²) in [6.45, 7) is 15.4. The molecule has 0 fully saturated rings. The van der Waals surface area contributed by atoms with Gasteiger partial charge in [0.1, 0.15) is 0 Å². The van der Waals surface area contributed by atoms with E-state index in [1.54, 1.807) is 7.11 Å². The normalized spacial score (nSPS) is 15.3. The number of nitrogens with zero attached hydrogens (tertiary/aromatic N) is 1. The van der Waals surface area contributed by atoms with Crippen molar-refractivity contribution >= 4 is 0 Å². The monoisotopic (exact) mass is 258 g/mol. The van der Waals surface area contributed by atoms with Crippen LogP contribution in [0.1, 0.15) is 47.5 Å². The first-order valence-electron chi connectivity index (χ1n) is 7.52. The van der Waals surface area contributed by atoms with Crippen LogP contribution < -0.4 is 5.32 Å². The van der Waals surface area contributed by atoms with Crippen molar-refractivity contribution in [1.29, 1.82) is 0 Å². The maximum atomic E-state index is 5.24. The smallest absolute Gasteiger partial charge is 0.0589 e. The molecule has 2 unspecified atom stereocenters. The third kappa shape index (κ3) is 7.34. The Morgan fingerprint density at radius 3 is 2.17 bits per heavy atom. The van der Waals surface area contributed by atoms with Crippen LogP contribution >= 0.6 is 0 Å². The van der Waals surface area contributed by atoms with Gasteiger partial charge in [-0.1, -0.05) is 27.7 Å². The highest BCUT2D eigenvalue weighted by atomic mass is 16.5. The highest BCUT2D eigenvalue weighted by molar-refractivity contribution is 4.77. The molecule has 0 radical (unpaired) electrons. The topological polar surface area (TPSA) is 24.5 Å². The summed E-state index contributed by atoms with van der Waals surface area (Å²) in [4.78, 5) is 2.59. The lowest BCUT2D eigenvalue weighted by Crippen LogP contribution is -2.48. The van der Waals surface area contributed by atoms with Crippen molar-refractivity contribution in [3.8, 4) is 0 Å². The van der Waals surface area contributed by atoms with E-state index in [2.05, 4.69) is 44.8 Å². The van der Waals surface area contributed by atoms with Crippen LogP contribution in [0.4, 0.5) is 0 Å². The van der Waals surface area contributed by atoms with Crippen LogP contribution in [0.25, 0.3) is 0 Å². The van der Waals surface area contributed by atoms with Gasteiger partial charge < -0.3 is 10.1 Å². The van der Waals surface area contributed by atoms with Crippen molar-refractivity contribution in [3.05, 3.63) is 0 Å². The van der Waals surface area contributed by atoms with Crippen LogP contribution in [-0.4, -0.2) is 50.3 Å². The van der Waals surface area contributed by atoms with Gasteiger partial charge in [-0.05, 0) is 32.2 Å². The van der Waals surface area contributed by atoms with Crippen LogP contribution in [0.3, 0.4) is 0 Å². The Morgan fingerprint density at radius 1 is 1.06 bits per heavy atom. The Morgan fingerprint density at radius 2 is 1.72 bits per heavy atom. The van der Waals surface area contributed by atoms with E-state index in [-0.39, 0.29) is 0 Å². The largest absolute Gasteiger partial charge is 0.383 e. The first-order chi connectivity index (χ1) is 8.56. The average molecular weight is 258 g/mol. The fraction of sp³-hybridized carbons (Fsp3) is 1.00. The van der Waals surface area contributed by atoms with Crippen LogP contribution in [0, 0.1) is 5.92 Å². The lowest BCUT2D eigenvalue weighted by molar-refractivity contribution is 0.0850. The van der Waals surface area contributed by atoms with Gasteiger partial charge in [0.2, 0.25) is 0 Å². The van der Waals surface area contributed by atoms with Gasteiger partial charge in [0.05, 0.1) is 6.61 Å². The van der Waals surface area contributed by atoms with Crippen LogP contribution in [0.2, 0.25) is 0 Å². The molecule has 2 atom stereocenters. The molecule has 0 rings (SSSR count). The summed E-state index contributed by atoms with van der Waals surface area (Å²) >= 11 is 0. The van der Waals surface area contributed by atoms with Crippen molar-refractivity contribution in [2.24, 2.45) is 5.92 Å². The number of rotatable bonds is 11. The number of ether oxygens (including phenoxy) is 1. The maximum absolute atomic E-state index is 5.24. The van der Waals surface area contributed by atoms with Crippen LogP contribution in [0.15, 0.2) is 0 Å². The molecule has 1 N–H and O–H groups in total. The minimum atomic E-state index is 0.619. The van der Waals surface area contributed by atoms with Gasteiger partial charge in [0.25, 0.3) is 0 Å². The van der Waals surface area contributed by atoms with Gasteiger partial charge in [0.15, 0.2) is 0 Å². The molecule has 0 saturated heterocycles. The molecule has 0 bridgehead atoms. The molecular weight excluding hydrogens is 224 g/mol. The van der Waals surface area contributed by atoms with Gasteiger partial charge in [-0.15, -0.1) is 0 Å². The molecule has 3 heteroatoms. The predicted octanol–water partition coefficient (Wildman–Crippen LogP) is 2.76. The SMILES string of the molecule is CCC(C)N(CCOC)C(CC)CNCC(C)C. The highest BCUT2D eigenvalue weighted by Gasteiger charge is 2.20. The number of hydrogen-bond acceptors (Lipinski definition) is 3. The first-order valence-corrected chi connectivity index (χ1v) is 7.52. The third-order valence-electron chi connectivity index (χ3n) is 3.58. The van der Waals surface area contributed by atoms with E-state index >= 15 is 0 Å². The lowest BCUT2D eigenvalue weighted by atomic mass is 10.1. The summed E-state index contributed by atoms with van der Waals surface area (Å²) < 4.78 is 5.24. The Kier molecular flexibility index (Phi) is 10.7. The molecule has 0 saturated carbocycles. The minimum absolute atomic E-state index is 0.619. The van der Waals surface area contributed by atoms with Crippen LogP contribution in [-0.2, 0) is 4.74 Å². The predicted molar refractivity (Wildman–Crippen MR) is 80.1 cm³/mol. The summed E-state index contributed by atoms with van der Waals surface area (Å²) in [5.41, 5.74) is 0. The quantitative estimate of drug-likeness (QED) is 0.617. The van der Waals surface area contributed by atoms with Gasteiger partial charge >= 0.3 is 0 Å². The standard InChI is InChI=1S/C15H34N2O/c1-7-14(5)17(9-10-18-6)15(8-2)12-16-11-13(3)4/h13-16H,7-12H2,1-6H3. The third-order valence-corrected chi connectivity index (χ3v) is 3.58. The van der Waals surface area contributed by atoms with E-state index in [1.807, 2.05) is 0 Å². The van der Waals surface area contributed by atoms with E-state index in [4.69, 9.17) is 4.74 Å². The van der Waals surface area contributed by atoms with E-state index in [0.717, 1.165) is 32.2 Å². The molecule has 0 aliphatic rings. The summed E-state index contributed by atoms with van der Waals surface area (Å²) in [6, 6.07) is 1.25. The van der Waals surface area contributed by atoms with E-state index in [1.165, 1.54) is 12.8 Å². The molecule has 0 aromatic heterocycles. The van der Waals surface area contributed by atoms with E-state index < -0.39 is 0 Å². The zero-order valence-corrected chi connectivity index (χ0v) is 13.3. The summed E-state index contributed by atoms with van der Waals surface area (Å²) in [7, 11) is 1.78. The maximum Gasteiger partial charge on any atom is 0.0589 e. The molecule has 0 aromatic carbocycles. The first kappa shape index (κ1) is 17.9. The van der Waals surface area contributed by atoms with Gasteiger partial charge in [0, 0.05) is 32.3 Å². The minimum Gasteiger partial charge on any atom is -0.383 e. The van der Waals surface area contributed by atoms with Crippen molar-refractivity contribution in [3.63, 3.8) is 0 Å². The molecule has 0 heterocycles. The Balaban J connectivity index is 4.30. The second-order valence-corrected chi connectivity index (χ2v) is 5.60. The van der Waals surface area contributed by atoms with Crippen molar-refractivity contribution < 1.29 is 4.74 Å². The summed E-state index contributed by atoms with van der Waals surface area (Å²) in [5, 5.41) is 3.59. The zero-order valence-electron chi connectivity index (χ0n) is 13.3. The second-order valence-electron chi connectivity index (χ2n) is 5.60. The molecule has 0 aromatic rings. The lowest BCUT2D eigenvalue weighted by Gasteiger charge is -2.36. The molecule has 0 spiro atoms. The molecule has 3 nitrogen and oxygen atoms in total. The number of hydrogen-bond donors (Lipinski definition) is 1. The van der Waals surface area contributed by atoms with Crippen molar-refractivity contribution in [1.82, 2.24) is 10.2 Å². The number of nitrogens with one attached hydrogen (secondary N) is 1. The Labute approximate surface area is 114 Å². The average Bonchev–Trinajstić information content (AvgIpc) is 2.35. The van der Waals surface area contributed by atoms with Crippen LogP contribution in [0.5, 0.6) is 0 Å². The summed E-state index contributed by atoms with van der Waals surface area (Å²) in [5.74, 6) is 0.721. The molecule has 18 heavy (non-hydrogen) atoms. The Bertz CT molecular complexity index is 185. The molecule has 0 aliphatic carbocycles. The second kappa shape index (κ2) is 10.8. The van der Waals surface area contributed by atoms with Crippen molar-refractivity contribution in [2.75, 3.05) is 33.4 Å².